The summed E-state index contributed by atoms with van der Waals surface area (Å²) in [6.07, 6.45) is 9.37. The first kappa shape index (κ1) is 32.5. The summed E-state index contributed by atoms with van der Waals surface area (Å²) < 4.78 is 0. The molecule has 6 aromatic rings. The maximum atomic E-state index is 9.64. The minimum atomic E-state index is -0.264. The van der Waals surface area contributed by atoms with Gasteiger partial charge in [0.15, 0.2) is 17.5 Å². The average Bonchev–Trinajstić information content (AvgIpc) is 3.42. The smallest absolute Gasteiger partial charge is 0.164 e. The van der Waals surface area contributed by atoms with Gasteiger partial charge in [-0.3, -0.25) is 0 Å². The highest BCUT2D eigenvalue weighted by Crippen LogP contribution is 2.53. The molecule has 4 heteroatoms. The Morgan fingerprint density at radius 1 is 0.654 bits per heavy atom. The van der Waals surface area contributed by atoms with Gasteiger partial charge in [0.05, 0.1) is 11.6 Å². The van der Waals surface area contributed by atoms with Crippen molar-refractivity contribution in [3.05, 3.63) is 138 Å². The standard InChI is InChI=1S/C48H44N4/c1-4-31-24-32-10-9-23-48(28-31,29-32)39-19-16-35(17-20-39)44-50-45(37-14-8-13-36(26-37)34-11-6-5-7-12-34)52-46(51-44)38-18-22-41-40-21-15-33(30-49)25-42(40)47(2,3)43(41)27-38/h5-8,11-22,25-27,31-32H,4,9-10,23-24,28-29H2,1-3H3/t31-,32+,48?/m1/s1. The van der Waals surface area contributed by atoms with Crippen molar-refractivity contribution in [1.29, 1.82) is 5.26 Å². The summed E-state index contributed by atoms with van der Waals surface area (Å²) in [5, 5.41) is 9.64. The van der Waals surface area contributed by atoms with E-state index in [-0.39, 0.29) is 5.41 Å². The van der Waals surface area contributed by atoms with E-state index in [1.54, 1.807) is 0 Å². The van der Waals surface area contributed by atoms with E-state index in [1.807, 2.05) is 18.2 Å². The zero-order valence-corrected chi connectivity index (χ0v) is 30.4. The summed E-state index contributed by atoms with van der Waals surface area (Å²) in [6, 6.07) is 43.2. The van der Waals surface area contributed by atoms with Gasteiger partial charge in [0.1, 0.15) is 0 Å². The third-order valence-corrected chi connectivity index (χ3v) is 12.6. The zero-order chi connectivity index (χ0) is 35.5. The third kappa shape index (κ3) is 5.55. The van der Waals surface area contributed by atoms with Crippen LogP contribution in [0.4, 0.5) is 0 Å². The SMILES string of the molecule is CC[C@@H]1C[C@@H]2CCCC(c3ccc(-c4nc(-c5cccc(-c6ccccc6)c5)nc(-c5ccc6c(c5)C(C)(C)c5cc(C#N)ccc5-6)n4)cc3)(C1)C2. The van der Waals surface area contributed by atoms with Gasteiger partial charge in [-0.15, -0.1) is 0 Å². The molecular formula is C48H44N4. The first-order valence-electron chi connectivity index (χ1n) is 19.1. The van der Waals surface area contributed by atoms with Gasteiger partial charge >= 0.3 is 0 Å². The second-order valence-electron chi connectivity index (χ2n) is 16.0. The molecule has 256 valence electrons. The molecular weight excluding hydrogens is 633 g/mol. The second kappa shape index (κ2) is 12.7. The third-order valence-electron chi connectivity index (χ3n) is 12.6. The predicted molar refractivity (Wildman–Crippen MR) is 211 cm³/mol. The molecule has 0 radical (unpaired) electrons. The normalized spacial score (nSPS) is 21.2. The Morgan fingerprint density at radius 3 is 2.02 bits per heavy atom. The van der Waals surface area contributed by atoms with Crippen molar-refractivity contribution >= 4 is 0 Å². The highest BCUT2D eigenvalue weighted by Gasteiger charge is 2.43. The van der Waals surface area contributed by atoms with Gasteiger partial charge in [0.2, 0.25) is 0 Å². The molecule has 2 fully saturated rings. The molecule has 2 saturated carbocycles. The van der Waals surface area contributed by atoms with Crippen LogP contribution in [0.3, 0.4) is 0 Å². The van der Waals surface area contributed by atoms with Gasteiger partial charge in [-0.1, -0.05) is 131 Å². The van der Waals surface area contributed by atoms with E-state index in [9.17, 15) is 5.26 Å². The number of nitriles is 1. The van der Waals surface area contributed by atoms with E-state index < -0.39 is 0 Å². The molecule has 3 aliphatic carbocycles. The number of hydrogen-bond donors (Lipinski definition) is 0. The van der Waals surface area contributed by atoms with Crippen LogP contribution >= 0.6 is 0 Å². The van der Waals surface area contributed by atoms with Crippen LogP contribution in [0.2, 0.25) is 0 Å². The van der Waals surface area contributed by atoms with Crippen LogP contribution in [0.1, 0.15) is 88.0 Å². The lowest BCUT2D eigenvalue weighted by Gasteiger charge is -2.49. The first-order chi connectivity index (χ1) is 25.3. The molecule has 0 spiro atoms. The highest BCUT2D eigenvalue weighted by molar-refractivity contribution is 5.84. The van der Waals surface area contributed by atoms with Crippen LogP contribution in [-0.2, 0) is 10.8 Å². The van der Waals surface area contributed by atoms with Crippen LogP contribution < -0.4 is 0 Å². The molecule has 0 N–H and O–H groups in total. The lowest BCUT2D eigenvalue weighted by Crippen LogP contribution is -2.40. The lowest BCUT2D eigenvalue weighted by atomic mass is 9.56. The van der Waals surface area contributed by atoms with Gasteiger partial charge in [-0.2, -0.15) is 5.26 Å². The van der Waals surface area contributed by atoms with Crippen molar-refractivity contribution in [3.63, 3.8) is 0 Å². The number of fused-ring (bicyclic) bond motifs is 5. The number of benzene rings is 5. The molecule has 0 amide bonds. The predicted octanol–water partition coefficient (Wildman–Crippen LogP) is 12.0. The molecule has 3 aliphatic rings. The van der Waals surface area contributed by atoms with Crippen LogP contribution in [0.15, 0.2) is 115 Å². The summed E-state index contributed by atoms with van der Waals surface area (Å²) >= 11 is 0. The Balaban J connectivity index is 1.15. The summed E-state index contributed by atoms with van der Waals surface area (Å²) in [6.45, 7) is 6.86. The molecule has 2 bridgehead atoms. The molecule has 1 aromatic heterocycles. The maximum absolute atomic E-state index is 9.64. The molecule has 1 heterocycles. The fourth-order valence-electron chi connectivity index (χ4n) is 9.82. The molecule has 52 heavy (non-hydrogen) atoms. The van der Waals surface area contributed by atoms with Crippen molar-refractivity contribution in [1.82, 2.24) is 15.0 Å². The fourth-order valence-corrected chi connectivity index (χ4v) is 9.82. The van der Waals surface area contributed by atoms with E-state index in [4.69, 9.17) is 15.0 Å². The Hall–Kier alpha value is -5.40. The minimum absolute atomic E-state index is 0.264. The van der Waals surface area contributed by atoms with E-state index in [0.717, 1.165) is 39.7 Å². The minimum Gasteiger partial charge on any atom is -0.208 e. The van der Waals surface area contributed by atoms with Crippen molar-refractivity contribution in [2.75, 3.05) is 0 Å². The maximum Gasteiger partial charge on any atom is 0.164 e. The van der Waals surface area contributed by atoms with Gasteiger partial charge in [-0.05, 0) is 106 Å². The van der Waals surface area contributed by atoms with Crippen LogP contribution in [-0.4, -0.2) is 15.0 Å². The number of hydrogen-bond acceptors (Lipinski definition) is 4. The van der Waals surface area contributed by atoms with Gasteiger partial charge in [0.25, 0.3) is 0 Å². The molecule has 9 rings (SSSR count). The molecule has 1 unspecified atom stereocenters. The van der Waals surface area contributed by atoms with E-state index in [1.165, 1.54) is 72.8 Å². The number of nitrogens with zero attached hydrogens (tertiary/aromatic N) is 4. The molecule has 3 atom stereocenters. The summed E-state index contributed by atoms with van der Waals surface area (Å²) in [5.41, 5.74) is 12.2. The molecule has 5 aromatic carbocycles. The largest absolute Gasteiger partial charge is 0.208 e. The Bertz CT molecular complexity index is 2350. The van der Waals surface area contributed by atoms with Gasteiger partial charge in [-0.25, -0.2) is 15.0 Å². The van der Waals surface area contributed by atoms with E-state index in [0.29, 0.717) is 28.5 Å². The molecule has 0 aliphatic heterocycles. The first-order valence-corrected chi connectivity index (χ1v) is 19.1. The van der Waals surface area contributed by atoms with E-state index in [2.05, 4.69) is 124 Å². The Morgan fingerprint density at radius 2 is 1.29 bits per heavy atom. The fraction of sp³-hybridized carbons (Fsp3) is 0.292. The zero-order valence-electron chi connectivity index (χ0n) is 30.4. The summed E-state index contributed by atoms with van der Waals surface area (Å²) in [4.78, 5) is 15.5. The van der Waals surface area contributed by atoms with Crippen LogP contribution in [0, 0.1) is 23.2 Å². The monoisotopic (exact) mass is 676 g/mol. The highest BCUT2D eigenvalue weighted by atomic mass is 15.0. The van der Waals surface area contributed by atoms with Crippen molar-refractivity contribution < 1.29 is 0 Å². The number of rotatable bonds is 6. The van der Waals surface area contributed by atoms with Crippen molar-refractivity contribution in [2.45, 2.75) is 76.5 Å². The summed E-state index contributed by atoms with van der Waals surface area (Å²) in [5.74, 6) is 3.71. The lowest BCUT2D eigenvalue weighted by molar-refractivity contribution is 0.100. The average molecular weight is 677 g/mol. The van der Waals surface area contributed by atoms with E-state index >= 15 is 0 Å². The van der Waals surface area contributed by atoms with Crippen LogP contribution in [0.25, 0.3) is 56.4 Å². The molecule has 0 saturated heterocycles. The van der Waals surface area contributed by atoms with Crippen molar-refractivity contribution in [2.24, 2.45) is 11.8 Å². The van der Waals surface area contributed by atoms with Crippen LogP contribution in [0.5, 0.6) is 0 Å². The van der Waals surface area contributed by atoms with Gasteiger partial charge in [0, 0.05) is 22.1 Å². The van der Waals surface area contributed by atoms with Gasteiger partial charge < -0.3 is 0 Å². The van der Waals surface area contributed by atoms with Crippen molar-refractivity contribution in [3.8, 4) is 62.5 Å². The molecule has 4 nitrogen and oxygen atoms in total. The Kier molecular flexibility index (Phi) is 7.92. The second-order valence-corrected chi connectivity index (χ2v) is 16.0. The quantitative estimate of drug-likeness (QED) is 0.176. The summed E-state index contributed by atoms with van der Waals surface area (Å²) in [7, 11) is 0. The number of aromatic nitrogens is 3. The topological polar surface area (TPSA) is 62.5 Å². The Labute approximate surface area is 307 Å².